The van der Waals surface area contributed by atoms with Gasteiger partial charge >= 0.3 is 0 Å². The molecule has 37 heavy (non-hydrogen) atoms. The molecule has 2 heterocycles. The average molecular weight is 533 g/mol. The van der Waals surface area contributed by atoms with Gasteiger partial charge in [0.05, 0.1) is 17.9 Å². The standard InChI is InChI=1S/C25H23ClF2N4O5/c1-14(33)31-13-32(24(35)25(2,3)36)20-8-15(4-7-19(20)31)10-30-12-29-22(21(26)23(30)34)37-11-16-5-6-17(27)9-18(16)28/h4-9,12,36H,10-11,13H2,1-3H3. The van der Waals surface area contributed by atoms with Crippen molar-refractivity contribution in [2.75, 3.05) is 16.5 Å². The van der Waals surface area contributed by atoms with Gasteiger partial charge in [-0.15, -0.1) is 0 Å². The molecule has 0 saturated carbocycles. The summed E-state index contributed by atoms with van der Waals surface area (Å²) in [5.41, 5.74) is -0.726. The molecule has 12 heteroatoms. The first-order chi connectivity index (χ1) is 17.4. The monoisotopic (exact) mass is 532 g/mol. The molecule has 3 aromatic rings. The number of ether oxygens (including phenoxy) is 1. The number of aliphatic hydroxyl groups is 1. The molecule has 1 aliphatic heterocycles. The number of fused-ring (bicyclic) bond motifs is 1. The largest absolute Gasteiger partial charge is 0.471 e. The van der Waals surface area contributed by atoms with Crippen LogP contribution in [0.25, 0.3) is 0 Å². The quantitative estimate of drug-likeness (QED) is 0.522. The van der Waals surface area contributed by atoms with Crippen molar-refractivity contribution >= 4 is 34.8 Å². The SMILES string of the molecule is CC(=O)N1CN(C(=O)C(C)(C)O)c2cc(Cn3cnc(OCc4ccc(F)cc4F)c(Cl)c3=O)ccc21. The van der Waals surface area contributed by atoms with E-state index in [-0.39, 0.29) is 42.2 Å². The number of nitrogens with zero attached hydrogens (tertiary/aromatic N) is 4. The van der Waals surface area contributed by atoms with Crippen molar-refractivity contribution in [3.63, 3.8) is 0 Å². The van der Waals surface area contributed by atoms with Crippen LogP contribution in [0.2, 0.25) is 5.02 Å². The highest BCUT2D eigenvalue weighted by molar-refractivity contribution is 6.31. The van der Waals surface area contributed by atoms with Crippen molar-refractivity contribution in [3.8, 4) is 5.88 Å². The van der Waals surface area contributed by atoms with Gasteiger partial charge in [0.15, 0.2) is 5.02 Å². The predicted octanol–water partition coefficient (Wildman–Crippen LogP) is 3.23. The second kappa shape index (κ2) is 9.91. The van der Waals surface area contributed by atoms with Crippen molar-refractivity contribution in [3.05, 3.63) is 80.9 Å². The molecule has 0 fully saturated rings. The first-order valence-electron chi connectivity index (χ1n) is 11.1. The van der Waals surface area contributed by atoms with Gasteiger partial charge in [-0.25, -0.2) is 13.8 Å². The fourth-order valence-corrected chi connectivity index (χ4v) is 4.03. The lowest BCUT2D eigenvalue weighted by Crippen LogP contribution is -2.47. The molecule has 9 nitrogen and oxygen atoms in total. The summed E-state index contributed by atoms with van der Waals surface area (Å²) in [6.45, 7) is 3.75. The number of hydrogen-bond acceptors (Lipinski definition) is 6. The van der Waals surface area contributed by atoms with E-state index in [9.17, 15) is 28.3 Å². The van der Waals surface area contributed by atoms with E-state index < -0.39 is 28.7 Å². The Hall–Kier alpha value is -3.83. The van der Waals surface area contributed by atoms with Crippen LogP contribution in [0.3, 0.4) is 0 Å². The van der Waals surface area contributed by atoms with Crippen LogP contribution in [0, 0.1) is 11.6 Å². The summed E-state index contributed by atoms with van der Waals surface area (Å²) in [4.78, 5) is 44.5. The van der Waals surface area contributed by atoms with Gasteiger partial charge in [-0.05, 0) is 43.7 Å². The molecule has 0 spiro atoms. The van der Waals surface area contributed by atoms with E-state index in [4.69, 9.17) is 16.3 Å². The van der Waals surface area contributed by atoms with Crippen LogP contribution in [0.15, 0.2) is 47.5 Å². The number of carbonyl (C=O) groups is 2. The van der Waals surface area contributed by atoms with Crippen LogP contribution in [-0.4, -0.2) is 38.7 Å². The van der Waals surface area contributed by atoms with Gasteiger partial charge in [0.1, 0.15) is 36.8 Å². The number of anilines is 2. The Bertz CT molecular complexity index is 1450. The summed E-state index contributed by atoms with van der Waals surface area (Å²) >= 11 is 6.16. The fraction of sp³-hybridized carbons (Fsp3) is 0.280. The lowest BCUT2D eigenvalue weighted by molar-refractivity contribution is -0.133. The van der Waals surface area contributed by atoms with Gasteiger partial charge in [0.25, 0.3) is 11.5 Å². The zero-order valence-electron chi connectivity index (χ0n) is 20.2. The molecule has 2 aromatic carbocycles. The molecule has 0 aliphatic carbocycles. The van der Waals surface area contributed by atoms with Crippen molar-refractivity contribution in [1.29, 1.82) is 0 Å². The Morgan fingerprint density at radius 2 is 1.86 bits per heavy atom. The molecule has 2 amide bonds. The van der Waals surface area contributed by atoms with Crippen LogP contribution in [0.4, 0.5) is 20.2 Å². The summed E-state index contributed by atoms with van der Waals surface area (Å²) in [5.74, 6) is -2.60. The molecular formula is C25H23ClF2N4O5. The third kappa shape index (κ3) is 5.32. The summed E-state index contributed by atoms with van der Waals surface area (Å²) < 4.78 is 33.5. The van der Waals surface area contributed by atoms with Gasteiger partial charge in [0, 0.05) is 18.6 Å². The van der Waals surface area contributed by atoms with Crippen LogP contribution in [-0.2, 0) is 22.7 Å². The maximum absolute atomic E-state index is 13.8. The zero-order chi connectivity index (χ0) is 27.1. The molecule has 1 aromatic heterocycles. The van der Waals surface area contributed by atoms with Gasteiger partial charge in [-0.1, -0.05) is 17.7 Å². The average Bonchev–Trinajstić information content (AvgIpc) is 3.20. The third-order valence-corrected chi connectivity index (χ3v) is 6.06. The minimum Gasteiger partial charge on any atom is -0.471 e. The van der Waals surface area contributed by atoms with Gasteiger partial charge in [0.2, 0.25) is 11.8 Å². The highest BCUT2D eigenvalue weighted by Gasteiger charge is 2.38. The molecule has 4 rings (SSSR count). The maximum atomic E-state index is 13.8. The number of carbonyl (C=O) groups excluding carboxylic acids is 2. The number of amides is 2. The van der Waals surface area contributed by atoms with E-state index in [2.05, 4.69) is 4.98 Å². The first-order valence-corrected chi connectivity index (χ1v) is 11.5. The second-order valence-electron chi connectivity index (χ2n) is 9.02. The van der Waals surface area contributed by atoms with E-state index in [1.165, 1.54) is 47.5 Å². The fourth-order valence-electron chi connectivity index (χ4n) is 3.82. The Morgan fingerprint density at radius 3 is 2.51 bits per heavy atom. The Kier molecular flexibility index (Phi) is 7.03. The molecule has 194 valence electrons. The molecule has 1 N–H and O–H groups in total. The summed E-state index contributed by atoms with van der Waals surface area (Å²) in [7, 11) is 0. The van der Waals surface area contributed by atoms with Gasteiger partial charge < -0.3 is 9.84 Å². The maximum Gasteiger partial charge on any atom is 0.276 e. The normalized spacial score (nSPS) is 13.1. The lowest BCUT2D eigenvalue weighted by atomic mass is 10.1. The minimum atomic E-state index is -1.67. The molecule has 1 aliphatic rings. The van der Waals surface area contributed by atoms with E-state index in [0.29, 0.717) is 23.0 Å². The topological polar surface area (TPSA) is 105 Å². The Labute approximate surface area is 215 Å². The molecule has 0 bridgehead atoms. The smallest absolute Gasteiger partial charge is 0.276 e. The number of hydrogen-bond donors (Lipinski definition) is 1. The van der Waals surface area contributed by atoms with Crippen LogP contribution in [0.5, 0.6) is 5.88 Å². The lowest BCUT2D eigenvalue weighted by Gasteiger charge is -2.25. The van der Waals surface area contributed by atoms with Crippen molar-refractivity contribution in [2.24, 2.45) is 0 Å². The number of aromatic nitrogens is 2. The molecule has 0 saturated heterocycles. The van der Waals surface area contributed by atoms with E-state index in [1.807, 2.05) is 0 Å². The van der Waals surface area contributed by atoms with Gasteiger partial charge in [-0.3, -0.25) is 28.8 Å². The first kappa shape index (κ1) is 26.2. The molecular weight excluding hydrogens is 510 g/mol. The van der Waals surface area contributed by atoms with Crippen LogP contribution < -0.4 is 20.1 Å². The van der Waals surface area contributed by atoms with Gasteiger partial charge in [-0.2, -0.15) is 0 Å². The van der Waals surface area contributed by atoms with Crippen molar-refractivity contribution < 1.29 is 28.2 Å². The van der Waals surface area contributed by atoms with Crippen molar-refractivity contribution in [1.82, 2.24) is 9.55 Å². The van der Waals surface area contributed by atoms with Crippen LogP contribution in [0.1, 0.15) is 31.9 Å². The molecule has 0 atom stereocenters. The van der Waals surface area contributed by atoms with Crippen molar-refractivity contribution in [2.45, 2.75) is 39.5 Å². The number of halogens is 3. The zero-order valence-corrected chi connectivity index (χ0v) is 20.9. The predicted molar refractivity (Wildman–Crippen MR) is 132 cm³/mol. The third-order valence-electron chi connectivity index (χ3n) is 5.74. The summed E-state index contributed by atoms with van der Waals surface area (Å²) in [5, 5.41) is 9.90. The van der Waals surface area contributed by atoms with E-state index in [1.54, 1.807) is 18.2 Å². The number of benzene rings is 2. The van der Waals surface area contributed by atoms with Crippen LogP contribution >= 0.6 is 11.6 Å². The molecule has 0 unspecified atom stereocenters. The van der Waals surface area contributed by atoms with E-state index in [0.717, 1.165) is 6.07 Å². The minimum absolute atomic E-state index is 0.0241. The Balaban J connectivity index is 1.58. The van der Waals surface area contributed by atoms with E-state index >= 15 is 0 Å². The summed E-state index contributed by atoms with van der Waals surface area (Å²) in [6.07, 6.45) is 1.21. The summed E-state index contributed by atoms with van der Waals surface area (Å²) in [6, 6.07) is 8.00. The molecule has 0 radical (unpaired) electrons. The number of rotatable bonds is 6. The highest BCUT2D eigenvalue weighted by Crippen LogP contribution is 2.38. The second-order valence-corrected chi connectivity index (χ2v) is 9.40. The highest BCUT2D eigenvalue weighted by atomic mass is 35.5. The Morgan fingerprint density at radius 1 is 1.14 bits per heavy atom.